The van der Waals surface area contributed by atoms with Gasteiger partial charge in [-0.25, -0.2) is 8.42 Å². The molecule has 5 nitrogen and oxygen atoms in total. The van der Waals surface area contributed by atoms with Crippen molar-refractivity contribution in [3.63, 3.8) is 0 Å². The molecule has 2 N–H and O–H groups in total. The molecule has 0 spiro atoms. The maximum Gasteiger partial charge on any atom is 0.223 e. The summed E-state index contributed by atoms with van der Waals surface area (Å²) in [4.78, 5) is 14.0. The third-order valence-corrected chi connectivity index (χ3v) is 7.43. The van der Waals surface area contributed by atoms with Crippen molar-refractivity contribution in [3.05, 3.63) is 0 Å². The van der Waals surface area contributed by atoms with Gasteiger partial charge in [0.05, 0.1) is 0 Å². The van der Waals surface area contributed by atoms with Crippen LogP contribution < -0.4 is 5.73 Å². The van der Waals surface area contributed by atoms with Gasteiger partial charge < -0.3 is 10.6 Å². The third-order valence-electron chi connectivity index (χ3n) is 4.14. The van der Waals surface area contributed by atoms with Crippen LogP contribution in [0.25, 0.3) is 0 Å². The van der Waals surface area contributed by atoms with Crippen LogP contribution >= 0.6 is 11.8 Å². The van der Waals surface area contributed by atoms with E-state index in [1.54, 1.807) is 23.6 Å². The topological polar surface area (TPSA) is 80.5 Å². The Balaban J connectivity index is 2.65. The average Bonchev–Trinajstić information content (AvgIpc) is 2.51. The SMILES string of the molecule is CCC(CCN)CCC(=O)N1CCSCC1S(=O)(=O)CC. The first kappa shape index (κ1) is 18.8. The summed E-state index contributed by atoms with van der Waals surface area (Å²) in [6.07, 6.45) is 3.17. The van der Waals surface area contributed by atoms with Crippen molar-refractivity contribution in [2.24, 2.45) is 11.7 Å². The normalized spacial score (nSPS) is 21.3. The monoisotopic (exact) mass is 336 g/mol. The number of thioether (sulfide) groups is 1. The van der Waals surface area contributed by atoms with Gasteiger partial charge in [0.1, 0.15) is 5.37 Å². The van der Waals surface area contributed by atoms with Crippen molar-refractivity contribution < 1.29 is 13.2 Å². The van der Waals surface area contributed by atoms with Gasteiger partial charge >= 0.3 is 0 Å². The fraction of sp³-hybridized carbons (Fsp3) is 0.929. The first-order valence-corrected chi connectivity index (χ1v) is 10.6. The number of carbonyl (C=O) groups excluding carboxylic acids is 1. The van der Waals surface area contributed by atoms with Crippen LogP contribution in [0.15, 0.2) is 0 Å². The smallest absolute Gasteiger partial charge is 0.223 e. The Labute approximate surface area is 132 Å². The van der Waals surface area contributed by atoms with Gasteiger partial charge in [0, 0.05) is 30.2 Å². The van der Waals surface area contributed by atoms with Gasteiger partial charge in [0.25, 0.3) is 0 Å². The van der Waals surface area contributed by atoms with Crippen molar-refractivity contribution in [2.45, 2.75) is 44.9 Å². The zero-order valence-corrected chi connectivity index (χ0v) is 14.7. The Bertz CT molecular complexity index is 426. The van der Waals surface area contributed by atoms with Crippen LogP contribution in [0.4, 0.5) is 0 Å². The highest BCUT2D eigenvalue weighted by molar-refractivity contribution is 8.01. The zero-order valence-electron chi connectivity index (χ0n) is 13.1. The van der Waals surface area contributed by atoms with E-state index in [-0.39, 0.29) is 11.7 Å². The summed E-state index contributed by atoms with van der Waals surface area (Å²) in [6.45, 7) is 4.93. The van der Waals surface area contributed by atoms with E-state index in [9.17, 15) is 13.2 Å². The number of amides is 1. The van der Waals surface area contributed by atoms with Crippen molar-refractivity contribution in [3.8, 4) is 0 Å². The minimum absolute atomic E-state index is 0.0206. The van der Waals surface area contributed by atoms with E-state index >= 15 is 0 Å². The quantitative estimate of drug-likeness (QED) is 0.726. The van der Waals surface area contributed by atoms with Gasteiger partial charge in [-0.2, -0.15) is 11.8 Å². The number of hydrogen-bond donors (Lipinski definition) is 1. The molecule has 0 aromatic rings. The second-order valence-electron chi connectivity index (χ2n) is 5.46. The second-order valence-corrected chi connectivity index (χ2v) is 9.06. The summed E-state index contributed by atoms with van der Waals surface area (Å²) in [6, 6.07) is 0. The van der Waals surface area contributed by atoms with E-state index < -0.39 is 15.2 Å². The fourth-order valence-corrected chi connectivity index (χ4v) is 5.60. The van der Waals surface area contributed by atoms with Gasteiger partial charge in [-0.1, -0.05) is 20.3 Å². The predicted molar refractivity (Wildman–Crippen MR) is 89.0 cm³/mol. The minimum Gasteiger partial charge on any atom is -0.330 e. The van der Waals surface area contributed by atoms with Gasteiger partial charge in [-0.3, -0.25) is 4.79 Å². The molecule has 0 aliphatic carbocycles. The number of nitrogens with zero attached hydrogens (tertiary/aromatic N) is 1. The molecule has 124 valence electrons. The summed E-state index contributed by atoms with van der Waals surface area (Å²) in [7, 11) is -3.21. The summed E-state index contributed by atoms with van der Waals surface area (Å²) in [5, 5.41) is -0.636. The molecular formula is C14H28N2O3S2. The molecule has 0 radical (unpaired) electrons. The molecule has 0 aromatic carbocycles. The van der Waals surface area contributed by atoms with E-state index in [0.717, 1.165) is 25.0 Å². The number of carbonyl (C=O) groups is 1. The third kappa shape index (κ3) is 5.45. The summed E-state index contributed by atoms with van der Waals surface area (Å²) in [5.74, 6) is 1.85. The van der Waals surface area contributed by atoms with Crippen LogP contribution in [0, 0.1) is 5.92 Å². The van der Waals surface area contributed by atoms with Crippen molar-refractivity contribution in [2.75, 3.05) is 30.3 Å². The molecule has 21 heavy (non-hydrogen) atoms. The Morgan fingerprint density at radius 1 is 1.38 bits per heavy atom. The Morgan fingerprint density at radius 3 is 2.67 bits per heavy atom. The number of hydrogen-bond acceptors (Lipinski definition) is 5. The molecule has 0 saturated carbocycles. The molecule has 1 saturated heterocycles. The Kier molecular flexibility index (Phi) is 8.05. The lowest BCUT2D eigenvalue weighted by molar-refractivity contribution is -0.131. The molecule has 1 rings (SSSR count). The predicted octanol–water partition coefficient (Wildman–Crippen LogP) is 1.48. The maximum atomic E-state index is 12.4. The summed E-state index contributed by atoms with van der Waals surface area (Å²) in [5.41, 5.74) is 5.57. The van der Waals surface area contributed by atoms with E-state index in [0.29, 0.717) is 31.2 Å². The number of sulfone groups is 1. The first-order valence-electron chi connectivity index (χ1n) is 7.75. The lowest BCUT2D eigenvalue weighted by Crippen LogP contribution is -2.50. The van der Waals surface area contributed by atoms with Crippen molar-refractivity contribution in [1.82, 2.24) is 4.90 Å². The Hall–Kier alpha value is -0.270. The highest BCUT2D eigenvalue weighted by Crippen LogP contribution is 2.23. The van der Waals surface area contributed by atoms with Crippen LogP contribution in [-0.4, -0.2) is 54.9 Å². The van der Waals surface area contributed by atoms with E-state index in [1.165, 1.54) is 0 Å². The molecule has 2 unspecified atom stereocenters. The molecular weight excluding hydrogens is 308 g/mol. The van der Waals surface area contributed by atoms with Crippen LogP contribution in [0.5, 0.6) is 0 Å². The van der Waals surface area contributed by atoms with Gasteiger partial charge in [-0.15, -0.1) is 0 Å². The van der Waals surface area contributed by atoms with Crippen LogP contribution in [0.2, 0.25) is 0 Å². The maximum absolute atomic E-state index is 12.4. The standard InChI is InChI=1S/C14H28N2O3S2/c1-3-12(7-8-15)5-6-13(17)16-9-10-20-11-14(16)21(18,19)4-2/h12,14H,3-11,15H2,1-2H3. The van der Waals surface area contributed by atoms with E-state index in [1.807, 2.05) is 0 Å². The molecule has 1 heterocycles. The van der Waals surface area contributed by atoms with E-state index in [2.05, 4.69) is 6.92 Å². The Morgan fingerprint density at radius 2 is 2.10 bits per heavy atom. The highest BCUT2D eigenvalue weighted by Gasteiger charge is 2.35. The molecule has 0 aromatic heterocycles. The zero-order chi connectivity index (χ0) is 15.9. The largest absolute Gasteiger partial charge is 0.330 e. The summed E-state index contributed by atoms with van der Waals surface area (Å²) >= 11 is 1.61. The summed E-state index contributed by atoms with van der Waals surface area (Å²) < 4.78 is 24.3. The van der Waals surface area contributed by atoms with Gasteiger partial charge in [0.15, 0.2) is 9.84 Å². The molecule has 7 heteroatoms. The van der Waals surface area contributed by atoms with Crippen molar-refractivity contribution in [1.29, 1.82) is 0 Å². The lowest BCUT2D eigenvalue weighted by Gasteiger charge is -2.35. The fourth-order valence-electron chi connectivity index (χ4n) is 2.62. The second kappa shape index (κ2) is 9.00. The first-order chi connectivity index (χ1) is 9.96. The molecule has 1 aliphatic rings. The van der Waals surface area contributed by atoms with Crippen LogP contribution in [0.3, 0.4) is 0 Å². The molecule has 2 atom stereocenters. The molecule has 1 fully saturated rings. The lowest BCUT2D eigenvalue weighted by atomic mass is 9.96. The van der Waals surface area contributed by atoms with Crippen LogP contribution in [-0.2, 0) is 14.6 Å². The van der Waals surface area contributed by atoms with Gasteiger partial charge in [-0.05, 0) is 25.3 Å². The molecule has 1 amide bonds. The van der Waals surface area contributed by atoms with Crippen LogP contribution in [0.1, 0.15) is 39.5 Å². The van der Waals surface area contributed by atoms with E-state index in [4.69, 9.17) is 5.73 Å². The van der Waals surface area contributed by atoms with Gasteiger partial charge in [0.2, 0.25) is 5.91 Å². The highest BCUT2D eigenvalue weighted by atomic mass is 32.2. The molecule has 1 aliphatic heterocycles. The molecule has 0 bridgehead atoms. The van der Waals surface area contributed by atoms with Crippen molar-refractivity contribution >= 4 is 27.5 Å². The number of rotatable bonds is 8. The number of nitrogens with two attached hydrogens (primary N) is 1. The minimum atomic E-state index is -3.21. The average molecular weight is 337 g/mol.